The van der Waals surface area contributed by atoms with Gasteiger partial charge in [0.2, 0.25) is 0 Å². The molecule has 0 aromatic carbocycles. The molecule has 2 rings (SSSR count). The van der Waals surface area contributed by atoms with Gasteiger partial charge in [-0.2, -0.15) is 5.10 Å². The van der Waals surface area contributed by atoms with Crippen LogP contribution in [0, 0.1) is 5.82 Å². The minimum Gasteiger partial charge on any atom is -0.298 e. The number of halogens is 1. The van der Waals surface area contributed by atoms with Crippen LogP contribution in [0.4, 0.5) is 4.39 Å². The van der Waals surface area contributed by atoms with Gasteiger partial charge in [0.15, 0.2) is 6.29 Å². The van der Waals surface area contributed by atoms with Crippen molar-refractivity contribution in [3.05, 3.63) is 36.0 Å². The van der Waals surface area contributed by atoms with E-state index in [-0.39, 0.29) is 23.6 Å². The molecule has 0 atom stereocenters. The van der Waals surface area contributed by atoms with Crippen molar-refractivity contribution in [2.75, 3.05) is 12.0 Å². The third-order valence-electron chi connectivity index (χ3n) is 2.59. The van der Waals surface area contributed by atoms with Gasteiger partial charge in [0.1, 0.15) is 21.3 Å². The summed E-state index contributed by atoms with van der Waals surface area (Å²) in [5.74, 6) is -0.626. The molecule has 0 bridgehead atoms. The van der Waals surface area contributed by atoms with E-state index in [2.05, 4.69) is 10.1 Å². The highest BCUT2D eigenvalue weighted by Gasteiger charge is 2.13. The van der Waals surface area contributed by atoms with E-state index >= 15 is 0 Å². The summed E-state index contributed by atoms with van der Waals surface area (Å²) in [5.41, 5.74) is 0.900. The van der Waals surface area contributed by atoms with Crippen molar-refractivity contribution in [2.24, 2.45) is 0 Å². The molecular weight excluding hydrogens is 285 g/mol. The molecule has 0 aliphatic carbocycles. The fraction of sp³-hybridized carbons (Fsp3) is 0.250. The number of rotatable bonds is 5. The molecule has 0 aliphatic rings. The van der Waals surface area contributed by atoms with Gasteiger partial charge in [0, 0.05) is 24.2 Å². The van der Waals surface area contributed by atoms with Crippen LogP contribution in [0.2, 0.25) is 0 Å². The van der Waals surface area contributed by atoms with Gasteiger partial charge in [-0.25, -0.2) is 12.8 Å². The highest BCUT2D eigenvalue weighted by molar-refractivity contribution is 7.90. The highest BCUT2D eigenvalue weighted by atomic mass is 32.2. The summed E-state index contributed by atoms with van der Waals surface area (Å²) in [6.07, 6.45) is 5.57. The van der Waals surface area contributed by atoms with Gasteiger partial charge in [-0.3, -0.25) is 14.5 Å². The van der Waals surface area contributed by atoms with E-state index in [1.54, 1.807) is 0 Å². The quantitative estimate of drug-likeness (QED) is 0.767. The molecule has 0 radical (unpaired) electrons. The normalized spacial score (nSPS) is 11.5. The van der Waals surface area contributed by atoms with Gasteiger partial charge in [-0.05, 0) is 6.07 Å². The van der Waals surface area contributed by atoms with Crippen LogP contribution >= 0.6 is 0 Å². The number of carbonyl (C=O) groups is 1. The molecule has 0 N–H and O–H groups in total. The number of hydrogen-bond acceptors (Lipinski definition) is 5. The van der Waals surface area contributed by atoms with Crippen molar-refractivity contribution in [2.45, 2.75) is 6.54 Å². The van der Waals surface area contributed by atoms with Crippen LogP contribution in [-0.2, 0) is 16.4 Å². The molecule has 0 saturated carbocycles. The number of aryl methyl sites for hydroxylation is 1. The van der Waals surface area contributed by atoms with Crippen LogP contribution in [0.3, 0.4) is 0 Å². The molecule has 106 valence electrons. The number of hydrogen-bond donors (Lipinski definition) is 0. The topological polar surface area (TPSA) is 81.9 Å². The molecule has 0 amide bonds. The SMILES string of the molecule is CS(=O)(=O)CCn1cc(C=O)c(-c2cncc(F)c2)n1. The summed E-state index contributed by atoms with van der Waals surface area (Å²) in [4.78, 5) is 14.7. The van der Waals surface area contributed by atoms with Crippen LogP contribution < -0.4 is 0 Å². The molecule has 0 aliphatic heterocycles. The Morgan fingerprint density at radius 3 is 2.75 bits per heavy atom. The number of aromatic nitrogens is 3. The molecule has 0 spiro atoms. The predicted molar refractivity (Wildman–Crippen MR) is 70.5 cm³/mol. The van der Waals surface area contributed by atoms with Gasteiger partial charge < -0.3 is 0 Å². The molecular formula is C12H12FN3O3S. The van der Waals surface area contributed by atoms with Crippen molar-refractivity contribution in [1.29, 1.82) is 0 Å². The lowest BCUT2D eigenvalue weighted by Gasteiger charge is -2.00. The number of sulfone groups is 1. The van der Waals surface area contributed by atoms with Crippen LogP contribution in [0.25, 0.3) is 11.3 Å². The summed E-state index contributed by atoms with van der Waals surface area (Å²) in [5, 5.41) is 4.11. The summed E-state index contributed by atoms with van der Waals surface area (Å²) in [6.45, 7) is 0.127. The zero-order valence-corrected chi connectivity index (χ0v) is 11.5. The Kier molecular flexibility index (Phi) is 3.93. The second kappa shape index (κ2) is 5.49. The van der Waals surface area contributed by atoms with Crippen LogP contribution in [0.1, 0.15) is 10.4 Å². The van der Waals surface area contributed by atoms with E-state index < -0.39 is 15.7 Å². The average Bonchev–Trinajstić information content (AvgIpc) is 2.79. The number of carbonyl (C=O) groups excluding carboxylic acids is 1. The zero-order chi connectivity index (χ0) is 14.8. The van der Waals surface area contributed by atoms with Gasteiger partial charge in [-0.1, -0.05) is 0 Å². The Hall–Kier alpha value is -2.09. The third-order valence-corrected chi connectivity index (χ3v) is 3.51. The number of nitrogens with zero attached hydrogens (tertiary/aromatic N) is 3. The van der Waals surface area contributed by atoms with E-state index in [1.165, 1.54) is 23.1 Å². The molecule has 2 aromatic heterocycles. The zero-order valence-electron chi connectivity index (χ0n) is 10.7. The highest BCUT2D eigenvalue weighted by Crippen LogP contribution is 2.20. The fourth-order valence-corrected chi connectivity index (χ4v) is 2.18. The second-order valence-electron chi connectivity index (χ2n) is 4.34. The smallest absolute Gasteiger partial charge is 0.153 e. The maximum atomic E-state index is 13.1. The van der Waals surface area contributed by atoms with E-state index in [1.807, 2.05) is 0 Å². The van der Waals surface area contributed by atoms with E-state index in [0.717, 1.165) is 12.5 Å². The van der Waals surface area contributed by atoms with Crippen molar-refractivity contribution >= 4 is 16.1 Å². The van der Waals surface area contributed by atoms with E-state index in [9.17, 15) is 17.6 Å². The second-order valence-corrected chi connectivity index (χ2v) is 6.60. The summed E-state index contributed by atoms with van der Waals surface area (Å²) >= 11 is 0. The predicted octanol–water partition coefficient (Wildman–Crippen LogP) is 0.941. The van der Waals surface area contributed by atoms with Crippen molar-refractivity contribution in [3.63, 3.8) is 0 Å². The first-order chi connectivity index (χ1) is 9.39. The Balaban J connectivity index is 2.34. The van der Waals surface area contributed by atoms with Crippen LogP contribution in [0.5, 0.6) is 0 Å². The first-order valence-corrected chi connectivity index (χ1v) is 7.76. The molecule has 0 fully saturated rings. The minimum absolute atomic E-state index is 0.0895. The van der Waals surface area contributed by atoms with Gasteiger partial charge >= 0.3 is 0 Å². The molecule has 0 unspecified atom stereocenters. The molecule has 2 heterocycles. The number of aldehydes is 1. The monoisotopic (exact) mass is 297 g/mol. The lowest BCUT2D eigenvalue weighted by atomic mass is 10.1. The Morgan fingerprint density at radius 2 is 2.15 bits per heavy atom. The van der Waals surface area contributed by atoms with Crippen molar-refractivity contribution in [3.8, 4) is 11.3 Å². The summed E-state index contributed by atoms with van der Waals surface area (Å²) in [7, 11) is -3.13. The Morgan fingerprint density at radius 1 is 1.40 bits per heavy atom. The van der Waals surface area contributed by atoms with Crippen LogP contribution in [0.15, 0.2) is 24.7 Å². The minimum atomic E-state index is -3.13. The average molecular weight is 297 g/mol. The standard InChI is InChI=1S/C12H12FN3O3S/c1-20(18,19)3-2-16-7-10(8-17)12(15-16)9-4-11(13)6-14-5-9/h4-8H,2-3H2,1H3. The molecule has 2 aromatic rings. The summed E-state index contributed by atoms with van der Waals surface area (Å²) < 4.78 is 36.7. The van der Waals surface area contributed by atoms with Gasteiger partial charge in [0.25, 0.3) is 0 Å². The van der Waals surface area contributed by atoms with Gasteiger partial charge in [-0.15, -0.1) is 0 Å². The van der Waals surface area contributed by atoms with Crippen molar-refractivity contribution in [1.82, 2.24) is 14.8 Å². The Labute approximate surface area is 115 Å². The Bertz CT molecular complexity index is 740. The molecule has 20 heavy (non-hydrogen) atoms. The summed E-state index contributed by atoms with van der Waals surface area (Å²) in [6, 6.07) is 1.21. The fourth-order valence-electron chi connectivity index (χ4n) is 1.66. The van der Waals surface area contributed by atoms with E-state index in [4.69, 9.17) is 0 Å². The third kappa shape index (κ3) is 3.47. The first kappa shape index (κ1) is 14.3. The van der Waals surface area contributed by atoms with Crippen molar-refractivity contribution < 1.29 is 17.6 Å². The maximum absolute atomic E-state index is 13.1. The van der Waals surface area contributed by atoms with Gasteiger partial charge in [0.05, 0.1) is 24.1 Å². The molecule has 6 nitrogen and oxygen atoms in total. The lowest BCUT2D eigenvalue weighted by molar-refractivity contribution is 0.112. The lowest BCUT2D eigenvalue weighted by Crippen LogP contribution is -2.11. The maximum Gasteiger partial charge on any atom is 0.153 e. The largest absolute Gasteiger partial charge is 0.298 e. The first-order valence-electron chi connectivity index (χ1n) is 5.70. The van der Waals surface area contributed by atoms with Crippen LogP contribution in [-0.4, -0.2) is 41.5 Å². The van der Waals surface area contributed by atoms with E-state index in [0.29, 0.717) is 11.8 Å². The molecule has 0 saturated heterocycles. The molecule has 8 heteroatoms. The number of pyridine rings is 1.